The molecule has 0 unspecified atom stereocenters. The Labute approximate surface area is 267 Å². The zero-order valence-corrected chi connectivity index (χ0v) is 28.8. The molecule has 0 radical (unpaired) electrons. The standard InChI is InChI=1S/C34H63N3O6S/c1-23(8-11-30(38)24(2)22-43-44(40,41)42)27-9-10-28-32-29(13-15-34(27,28)4)33(3)14-12-26(20-25(33)21-31(32)39)37-19-7-18-36-17-6-5-16-35/h23-29,31-32,36-37,39H,5-22,35H2,1-4H3,(H,40,41,42)/t23-,24-,25-,26+,27-,28+,29+,31-,32+,33+,34-/m1/s1. The minimum atomic E-state index is -4.54. The molecule has 4 rings (SSSR count). The first-order valence-electron chi connectivity index (χ1n) is 17.8. The number of carbonyl (C=O) groups excluding carboxylic acids is 1. The smallest absolute Gasteiger partial charge is 0.393 e. The van der Waals surface area contributed by atoms with Crippen LogP contribution in [0.3, 0.4) is 0 Å². The van der Waals surface area contributed by atoms with E-state index in [9.17, 15) is 18.3 Å². The summed E-state index contributed by atoms with van der Waals surface area (Å²) < 4.78 is 35.0. The first-order valence-corrected chi connectivity index (χ1v) is 19.1. The summed E-state index contributed by atoms with van der Waals surface area (Å²) in [6.45, 7) is 12.6. The van der Waals surface area contributed by atoms with E-state index in [1.807, 2.05) is 0 Å². The molecule has 0 aromatic rings. The molecule has 4 saturated carbocycles. The van der Waals surface area contributed by atoms with Gasteiger partial charge >= 0.3 is 10.4 Å². The molecule has 256 valence electrons. The van der Waals surface area contributed by atoms with Crippen LogP contribution in [-0.4, -0.2) is 68.8 Å². The lowest BCUT2D eigenvalue weighted by molar-refractivity contribution is -0.167. The summed E-state index contributed by atoms with van der Waals surface area (Å²) in [5, 5.41) is 19.1. The highest BCUT2D eigenvalue weighted by molar-refractivity contribution is 7.80. The third-order valence-electron chi connectivity index (χ3n) is 13.1. The molecule has 11 atom stereocenters. The van der Waals surface area contributed by atoms with E-state index >= 15 is 0 Å². The van der Waals surface area contributed by atoms with E-state index in [1.165, 1.54) is 38.5 Å². The van der Waals surface area contributed by atoms with Crippen LogP contribution in [0.15, 0.2) is 0 Å². The fraction of sp³-hybridized carbons (Fsp3) is 0.971. The lowest BCUT2D eigenvalue weighted by Gasteiger charge is -2.62. The fourth-order valence-electron chi connectivity index (χ4n) is 10.5. The van der Waals surface area contributed by atoms with Crippen LogP contribution in [0.4, 0.5) is 0 Å². The van der Waals surface area contributed by atoms with E-state index in [2.05, 4.69) is 35.6 Å². The molecule has 0 aromatic heterocycles. The normalized spacial score (nSPS) is 38.4. The van der Waals surface area contributed by atoms with Crippen LogP contribution >= 0.6 is 0 Å². The van der Waals surface area contributed by atoms with E-state index in [0.717, 1.165) is 64.7 Å². The van der Waals surface area contributed by atoms with Crippen LogP contribution in [0.5, 0.6) is 0 Å². The van der Waals surface area contributed by atoms with Crippen LogP contribution in [0, 0.1) is 52.3 Å². The first kappa shape index (κ1) is 36.2. The lowest BCUT2D eigenvalue weighted by Crippen LogP contribution is -2.59. The van der Waals surface area contributed by atoms with Crippen molar-refractivity contribution < 1.29 is 27.1 Å². The molecule has 0 bridgehead atoms. The summed E-state index contributed by atoms with van der Waals surface area (Å²) in [6, 6.07) is 0.560. The van der Waals surface area contributed by atoms with Gasteiger partial charge in [0.1, 0.15) is 5.78 Å². The number of aliphatic hydroxyl groups excluding tert-OH is 1. The maximum absolute atomic E-state index is 12.7. The number of nitrogens with one attached hydrogen (secondary N) is 2. The zero-order valence-electron chi connectivity index (χ0n) is 27.9. The summed E-state index contributed by atoms with van der Waals surface area (Å²) in [7, 11) is -4.54. The number of nitrogens with two attached hydrogens (primary N) is 1. The van der Waals surface area contributed by atoms with Gasteiger partial charge in [-0.05, 0) is 150 Å². The monoisotopic (exact) mass is 641 g/mol. The summed E-state index contributed by atoms with van der Waals surface area (Å²) in [5.41, 5.74) is 6.07. The molecule has 0 saturated heterocycles. The van der Waals surface area contributed by atoms with E-state index in [0.29, 0.717) is 53.4 Å². The van der Waals surface area contributed by atoms with Gasteiger partial charge in [0, 0.05) is 18.4 Å². The fourth-order valence-corrected chi connectivity index (χ4v) is 10.9. The molecule has 0 aliphatic heterocycles. The number of hydrogen-bond donors (Lipinski definition) is 5. The van der Waals surface area contributed by atoms with Crippen molar-refractivity contribution in [2.45, 2.75) is 123 Å². The van der Waals surface area contributed by atoms with E-state index < -0.39 is 16.3 Å². The summed E-state index contributed by atoms with van der Waals surface area (Å²) >= 11 is 0. The van der Waals surface area contributed by atoms with Gasteiger partial charge in [-0.3, -0.25) is 9.35 Å². The molecule has 9 nitrogen and oxygen atoms in total. The number of ketones is 1. The SMILES string of the molecule is C[C@H](COS(=O)(=O)O)C(=O)CC[C@@H](C)[C@H]1CC[C@H]2[C@@H]3[C@H](O)C[C@H]4C[C@@H](NCCCNCCCCN)CC[C@]4(C)[C@H]3CC[C@]12C. The summed E-state index contributed by atoms with van der Waals surface area (Å²) in [5.74, 6) is 2.39. The van der Waals surface area contributed by atoms with Crippen LogP contribution < -0.4 is 16.4 Å². The second-order valence-electron chi connectivity index (χ2n) is 15.6. The Bertz CT molecular complexity index is 1040. The first-order chi connectivity index (χ1) is 20.8. The highest BCUT2D eigenvalue weighted by atomic mass is 32.3. The van der Waals surface area contributed by atoms with Crippen LogP contribution in [0.25, 0.3) is 0 Å². The third kappa shape index (κ3) is 8.45. The average Bonchev–Trinajstić information content (AvgIpc) is 3.33. The minimum absolute atomic E-state index is 0.0225. The van der Waals surface area contributed by atoms with E-state index in [4.69, 9.17) is 10.3 Å². The van der Waals surface area contributed by atoms with Crippen molar-refractivity contribution in [3.8, 4) is 0 Å². The topological polar surface area (TPSA) is 151 Å². The van der Waals surface area contributed by atoms with Gasteiger partial charge in [-0.1, -0.05) is 27.7 Å². The van der Waals surface area contributed by atoms with Crippen molar-refractivity contribution in [3.05, 3.63) is 0 Å². The molecule has 0 heterocycles. The highest BCUT2D eigenvalue weighted by Crippen LogP contribution is 2.68. The third-order valence-corrected chi connectivity index (χ3v) is 13.5. The van der Waals surface area contributed by atoms with Crippen molar-refractivity contribution in [1.82, 2.24) is 10.6 Å². The van der Waals surface area contributed by atoms with Gasteiger partial charge in [0.2, 0.25) is 0 Å². The molecule has 6 N–H and O–H groups in total. The van der Waals surface area contributed by atoms with Crippen molar-refractivity contribution in [3.63, 3.8) is 0 Å². The van der Waals surface area contributed by atoms with Gasteiger partial charge in [-0.25, -0.2) is 4.18 Å². The van der Waals surface area contributed by atoms with Gasteiger partial charge < -0.3 is 21.5 Å². The molecule has 44 heavy (non-hydrogen) atoms. The Morgan fingerprint density at radius 2 is 1.68 bits per heavy atom. The van der Waals surface area contributed by atoms with Crippen molar-refractivity contribution in [1.29, 1.82) is 0 Å². The Kier molecular flexibility index (Phi) is 12.8. The number of carbonyl (C=O) groups is 1. The maximum atomic E-state index is 12.7. The Morgan fingerprint density at radius 1 is 0.977 bits per heavy atom. The van der Waals surface area contributed by atoms with Gasteiger partial charge in [-0.15, -0.1) is 0 Å². The number of unbranched alkanes of at least 4 members (excludes halogenated alkanes) is 1. The molecule has 4 aliphatic rings. The zero-order chi connectivity index (χ0) is 32.1. The Balaban J connectivity index is 1.28. The van der Waals surface area contributed by atoms with Gasteiger partial charge in [0.25, 0.3) is 0 Å². The lowest BCUT2D eigenvalue weighted by atomic mass is 9.43. The second kappa shape index (κ2) is 15.5. The minimum Gasteiger partial charge on any atom is -0.393 e. The van der Waals surface area contributed by atoms with Crippen molar-refractivity contribution in [2.75, 3.05) is 32.8 Å². The molecular formula is C34H63N3O6S. The highest BCUT2D eigenvalue weighted by Gasteiger charge is 2.62. The second-order valence-corrected chi connectivity index (χ2v) is 16.7. The molecule has 0 spiro atoms. The Morgan fingerprint density at radius 3 is 2.41 bits per heavy atom. The average molecular weight is 642 g/mol. The molecule has 4 fully saturated rings. The van der Waals surface area contributed by atoms with E-state index in [-0.39, 0.29) is 23.9 Å². The number of fused-ring (bicyclic) bond motifs is 5. The van der Waals surface area contributed by atoms with Gasteiger partial charge in [0.05, 0.1) is 12.7 Å². The van der Waals surface area contributed by atoms with Crippen LogP contribution in [0.2, 0.25) is 0 Å². The van der Waals surface area contributed by atoms with Crippen LogP contribution in [-0.2, 0) is 19.4 Å². The number of Topliss-reactive ketones (excluding diaryl/α,β-unsaturated/α-hetero) is 1. The predicted molar refractivity (Wildman–Crippen MR) is 174 cm³/mol. The van der Waals surface area contributed by atoms with Gasteiger partial charge in [0.15, 0.2) is 0 Å². The largest absolute Gasteiger partial charge is 0.397 e. The van der Waals surface area contributed by atoms with E-state index in [1.54, 1.807) is 6.92 Å². The van der Waals surface area contributed by atoms with Crippen LogP contribution in [0.1, 0.15) is 111 Å². The molecule has 10 heteroatoms. The van der Waals surface area contributed by atoms with Crippen molar-refractivity contribution >= 4 is 16.2 Å². The Hall–Kier alpha value is -0.620. The number of aliphatic hydroxyl groups is 1. The van der Waals surface area contributed by atoms with Gasteiger partial charge in [-0.2, -0.15) is 8.42 Å². The molecule has 0 amide bonds. The molecular weight excluding hydrogens is 578 g/mol. The molecule has 0 aromatic carbocycles. The van der Waals surface area contributed by atoms with Crippen molar-refractivity contribution in [2.24, 2.45) is 58.0 Å². The number of hydrogen-bond acceptors (Lipinski definition) is 8. The maximum Gasteiger partial charge on any atom is 0.397 e. The quantitative estimate of drug-likeness (QED) is 0.112. The molecule has 4 aliphatic carbocycles. The predicted octanol–water partition coefficient (Wildman–Crippen LogP) is 4.73. The number of rotatable bonds is 17. The summed E-state index contributed by atoms with van der Waals surface area (Å²) in [6.07, 6.45) is 13.7. The summed E-state index contributed by atoms with van der Waals surface area (Å²) in [4.78, 5) is 12.7.